The molecule has 6 nitrogen and oxygen atoms in total. The van der Waals surface area contributed by atoms with E-state index < -0.39 is 23.6 Å². The van der Waals surface area contributed by atoms with Crippen LogP contribution in [-0.4, -0.2) is 43.0 Å². The van der Waals surface area contributed by atoms with Crippen LogP contribution in [0.1, 0.15) is 21.7 Å². The first kappa shape index (κ1) is 23.3. The van der Waals surface area contributed by atoms with Crippen LogP contribution in [0.15, 0.2) is 76.8 Å². The fourth-order valence-electron chi connectivity index (χ4n) is 3.45. The maximum atomic E-state index is 13.1. The molecule has 2 aromatic carbocycles. The van der Waals surface area contributed by atoms with E-state index in [2.05, 4.69) is 5.32 Å². The van der Waals surface area contributed by atoms with Crippen LogP contribution in [-0.2, 0) is 15.7 Å². The molecule has 0 atom stereocenters. The molecule has 34 heavy (non-hydrogen) atoms. The number of hydrogen-bond acceptors (Lipinski definition) is 4. The van der Waals surface area contributed by atoms with Crippen molar-refractivity contribution >= 4 is 17.9 Å². The van der Waals surface area contributed by atoms with E-state index in [-0.39, 0.29) is 22.8 Å². The predicted octanol–water partition coefficient (Wildman–Crippen LogP) is 4.60. The van der Waals surface area contributed by atoms with Gasteiger partial charge in [-0.15, -0.1) is 0 Å². The van der Waals surface area contributed by atoms with Crippen LogP contribution in [0, 0.1) is 0 Å². The largest absolute Gasteiger partial charge is 0.457 e. The van der Waals surface area contributed by atoms with Gasteiger partial charge in [-0.1, -0.05) is 30.3 Å². The number of amides is 2. The van der Waals surface area contributed by atoms with Gasteiger partial charge in [0, 0.05) is 30.3 Å². The van der Waals surface area contributed by atoms with E-state index in [0.717, 1.165) is 12.1 Å². The lowest BCUT2D eigenvalue weighted by Crippen LogP contribution is -2.44. The summed E-state index contributed by atoms with van der Waals surface area (Å²) in [6.45, 7) is 1.49. The molecule has 1 N–H and O–H groups in total. The summed E-state index contributed by atoms with van der Waals surface area (Å²) < 4.78 is 50.2. The van der Waals surface area contributed by atoms with Crippen LogP contribution >= 0.6 is 0 Å². The van der Waals surface area contributed by atoms with Crippen molar-refractivity contribution in [2.24, 2.45) is 0 Å². The van der Waals surface area contributed by atoms with E-state index >= 15 is 0 Å². The number of nitrogens with one attached hydrogen (secondary N) is 1. The fourth-order valence-corrected chi connectivity index (χ4v) is 3.45. The van der Waals surface area contributed by atoms with Crippen LogP contribution in [0.4, 0.5) is 13.2 Å². The lowest BCUT2D eigenvalue weighted by molar-refractivity contribution is -0.137. The topological polar surface area (TPSA) is 71.8 Å². The Morgan fingerprint density at radius 1 is 0.941 bits per heavy atom. The zero-order valence-electron chi connectivity index (χ0n) is 18.0. The Kier molecular flexibility index (Phi) is 6.83. The molecule has 1 fully saturated rings. The second-order valence-corrected chi connectivity index (χ2v) is 7.56. The average Bonchev–Trinajstić information content (AvgIpc) is 3.32. The highest BCUT2D eigenvalue weighted by Gasteiger charge is 2.30. The SMILES string of the molecule is O=C(N/C(=C\c1ccc(-c2cccc(C(F)(F)F)c2)o1)C(=O)N1CCOCC1)c1ccccc1. The van der Waals surface area contributed by atoms with Crippen LogP contribution in [0.2, 0.25) is 0 Å². The van der Waals surface area contributed by atoms with Crippen LogP contribution in [0.3, 0.4) is 0 Å². The standard InChI is InChI=1S/C25H21F3N2O4/c26-25(27,28)19-8-4-7-18(15-19)22-10-9-20(34-22)16-21(24(32)30-11-13-33-14-12-30)29-23(31)17-5-2-1-3-6-17/h1-10,15-16H,11-14H2,(H,29,31)/b21-16-. The summed E-state index contributed by atoms with van der Waals surface area (Å²) in [5.74, 6) is -0.481. The lowest BCUT2D eigenvalue weighted by Gasteiger charge is -2.27. The predicted molar refractivity (Wildman–Crippen MR) is 118 cm³/mol. The number of furan rings is 1. The van der Waals surface area contributed by atoms with Gasteiger partial charge in [-0.05, 0) is 36.4 Å². The highest BCUT2D eigenvalue weighted by molar-refractivity contribution is 6.05. The minimum Gasteiger partial charge on any atom is -0.457 e. The number of halogens is 3. The Bertz CT molecular complexity index is 1200. The Morgan fingerprint density at radius 2 is 1.68 bits per heavy atom. The normalized spacial score (nSPS) is 14.7. The summed E-state index contributed by atoms with van der Waals surface area (Å²) in [6, 6.07) is 16.2. The first-order valence-electron chi connectivity index (χ1n) is 10.5. The van der Waals surface area contributed by atoms with Gasteiger partial charge >= 0.3 is 6.18 Å². The van der Waals surface area contributed by atoms with Gasteiger partial charge in [0.25, 0.3) is 11.8 Å². The molecule has 2 heterocycles. The van der Waals surface area contributed by atoms with Crippen molar-refractivity contribution < 1.29 is 31.9 Å². The minimum absolute atomic E-state index is 0.0132. The highest BCUT2D eigenvalue weighted by atomic mass is 19.4. The maximum Gasteiger partial charge on any atom is 0.416 e. The molecule has 0 spiro atoms. The van der Waals surface area contributed by atoms with Gasteiger partial charge in [0.05, 0.1) is 18.8 Å². The van der Waals surface area contributed by atoms with E-state index in [4.69, 9.17) is 9.15 Å². The average molecular weight is 470 g/mol. The molecule has 1 aromatic heterocycles. The number of nitrogens with zero attached hydrogens (tertiary/aromatic N) is 1. The summed E-state index contributed by atoms with van der Waals surface area (Å²) >= 11 is 0. The molecular formula is C25H21F3N2O4. The molecule has 1 aliphatic heterocycles. The number of alkyl halides is 3. The van der Waals surface area contributed by atoms with Gasteiger partial charge in [0.2, 0.25) is 0 Å². The monoisotopic (exact) mass is 470 g/mol. The van der Waals surface area contributed by atoms with Crippen molar-refractivity contribution in [3.8, 4) is 11.3 Å². The van der Waals surface area contributed by atoms with Crippen molar-refractivity contribution in [1.82, 2.24) is 10.2 Å². The Balaban J connectivity index is 1.63. The third-order valence-electron chi connectivity index (χ3n) is 5.20. The first-order valence-corrected chi connectivity index (χ1v) is 10.5. The summed E-state index contributed by atoms with van der Waals surface area (Å²) in [4.78, 5) is 27.4. The molecule has 1 saturated heterocycles. The van der Waals surface area contributed by atoms with E-state index in [1.54, 1.807) is 35.2 Å². The molecule has 0 bridgehead atoms. The summed E-state index contributed by atoms with van der Waals surface area (Å²) in [6.07, 6.45) is -3.11. The molecule has 0 unspecified atom stereocenters. The molecule has 9 heteroatoms. The molecule has 0 radical (unpaired) electrons. The molecule has 0 aliphatic carbocycles. The van der Waals surface area contributed by atoms with E-state index in [9.17, 15) is 22.8 Å². The Hall–Kier alpha value is -3.85. The first-order chi connectivity index (χ1) is 16.3. The van der Waals surface area contributed by atoms with Crippen molar-refractivity contribution in [1.29, 1.82) is 0 Å². The van der Waals surface area contributed by atoms with E-state index in [0.29, 0.717) is 31.9 Å². The fraction of sp³-hybridized carbons (Fsp3) is 0.200. The van der Waals surface area contributed by atoms with Crippen molar-refractivity contribution in [2.45, 2.75) is 6.18 Å². The number of carbonyl (C=O) groups excluding carboxylic acids is 2. The van der Waals surface area contributed by atoms with Gasteiger partial charge in [0.15, 0.2) is 0 Å². The zero-order valence-corrected chi connectivity index (χ0v) is 18.0. The third kappa shape index (κ3) is 5.55. The van der Waals surface area contributed by atoms with Gasteiger partial charge in [-0.3, -0.25) is 9.59 Å². The number of rotatable bonds is 5. The Morgan fingerprint density at radius 3 is 2.38 bits per heavy atom. The van der Waals surface area contributed by atoms with Crippen LogP contribution < -0.4 is 5.32 Å². The quantitative estimate of drug-likeness (QED) is 0.554. The van der Waals surface area contributed by atoms with E-state index in [1.807, 2.05) is 0 Å². The van der Waals surface area contributed by atoms with Gasteiger partial charge in [-0.25, -0.2) is 0 Å². The molecule has 176 valence electrons. The molecule has 3 aromatic rings. The molecule has 2 amide bonds. The van der Waals surface area contributed by atoms with Gasteiger partial charge in [0.1, 0.15) is 17.2 Å². The number of hydrogen-bond donors (Lipinski definition) is 1. The van der Waals surface area contributed by atoms with Crippen molar-refractivity contribution in [3.05, 3.63) is 89.3 Å². The molecule has 4 rings (SSSR count). The van der Waals surface area contributed by atoms with Gasteiger partial charge < -0.3 is 19.4 Å². The smallest absolute Gasteiger partial charge is 0.416 e. The van der Waals surface area contributed by atoms with E-state index in [1.165, 1.54) is 30.3 Å². The second-order valence-electron chi connectivity index (χ2n) is 7.56. The summed E-state index contributed by atoms with van der Waals surface area (Å²) in [5, 5.41) is 2.64. The van der Waals surface area contributed by atoms with Gasteiger partial charge in [-0.2, -0.15) is 13.2 Å². The number of carbonyl (C=O) groups is 2. The number of ether oxygens (including phenoxy) is 1. The molecule has 0 saturated carbocycles. The Labute approximate surface area is 193 Å². The van der Waals surface area contributed by atoms with Crippen molar-refractivity contribution in [2.75, 3.05) is 26.3 Å². The molecule has 1 aliphatic rings. The zero-order chi connectivity index (χ0) is 24.1. The lowest BCUT2D eigenvalue weighted by atomic mass is 10.1. The second kappa shape index (κ2) is 9.96. The van der Waals surface area contributed by atoms with Crippen LogP contribution in [0.25, 0.3) is 17.4 Å². The van der Waals surface area contributed by atoms with Crippen molar-refractivity contribution in [3.63, 3.8) is 0 Å². The summed E-state index contributed by atoms with van der Waals surface area (Å²) in [5.41, 5.74) is -0.200. The minimum atomic E-state index is -4.48. The maximum absolute atomic E-state index is 13.1. The van der Waals surface area contributed by atoms with Crippen LogP contribution in [0.5, 0.6) is 0 Å². The molecular weight excluding hydrogens is 449 g/mol. The number of morpholine rings is 1. The highest BCUT2D eigenvalue weighted by Crippen LogP contribution is 2.33. The number of benzene rings is 2. The summed E-state index contributed by atoms with van der Waals surface area (Å²) in [7, 11) is 0. The third-order valence-corrected chi connectivity index (χ3v) is 5.20.